The number of aryl methyl sites for hydroxylation is 1. The summed E-state index contributed by atoms with van der Waals surface area (Å²) in [6.45, 7) is 6.32. The van der Waals surface area contributed by atoms with E-state index in [1.165, 1.54) is 0 Å². The second kappa shape index (κ2) is 6.42. The van der Waals surface area contributed by atoms with Gasteiger partial charge in [0.2, 0.25) is 5.91 Å². The number of hydrogen-bond donors (Lipinski definition) is 1. The van der Waals surface area contributed by atoms with Crippen LogP contribution in [0.1, 0.15) is 5.69 Å². The number of para-hydroxylation sites is 1. The Morgan fingerprint density at radius 1 is 1.23 bits per heavy atom. The zero-order valence-electron chi connectivity index (χ0n) is 13.2. The Morgan fingerprint density at radius 3 is 2.73 bits per heavy atom. The van der Waals surface area contributed by atoms with Gasteiger partial charge >= 0.3 is 0 Å². The topological polar surface area (TPSA) is 48.5 Å². The van der Waals surface area contributed by atoms with Gasteiger partial charge in [-0.1, -0.05) is 18.2 Å². The van der Waals surface area contributed by atoms with Crippen LogP contribution in [0.5, 0.6) is 0 Å². The number of pyridine rings is 1. The first-order chi connectivity index (χ1) is 10.6. The average Bonchev–Trinajstić information content (AvgIpc) is 2.49. The van der Waals surface area contributed by atoms with Crippen LogP contribution in [0.15, 0.2) is 30.3 Å². The fourth-order valence-corrected chi connectivity index (χ4v) is 2.81. The normalized spacial score (nSPS) is 16.8. The van der Waals surface area contributed by atoms with Gasteiger partial charge in [-0.15, -0.1) is 0 Å². The van der Waals surface area contributed by atoms with Crippen LogP contribution in [-0.4, -0.2) is 60.5 Å². The van der Waals surface area contributed by atoms with Crippen LogP contribution in [0.3, 0.4) is 0 Å². The molecule has 1 fully saturated rings. The molecule has 0 aliphatic carbocycles. The number of carbonyl (C=O) groups excluding carboxylic acids is 1. The quantitative estimate of drug-likeness (QED) is 0.937. The van der Waals surface area contributed by atoms with Crippen molar-refractivity contribution in [2.75, 3.05) is 45.1 Å². The van der Waals surface area contributed by atoms with Crippen molar-refractivity contribution in [2.24, 2.45) is 0 Å². The van der Waals surface area contributed by atoms with Crippen molar-refractivity contribution in [1.29, 1.82) is 0 Å². The molecule has 116 valence electrons. The number of rotatable bonds is 3. The third-order valence-corrected chi connectivity index (χ3v) is 4.08. The Labute approximate surface area is 130 Å². The highest BCUT2D eigenvalue weighted by atomic mass is 16.2. The van der Waals surface area contributed by atoms with Gasteiger partial charge in [0.15, 0.2) is 0 Å². The molecule has 1 N–H and O–H groups in total. The minimum absolute atomic E-state index is 0.0420. The van der Waals surface area contributed by atoms with Gasteiger partial charge in [-0.05, 0) is 26.1 Å². The first-order valence-corrected chi connectivity index (χ1v) is 7.69. The van der Waals surface area contributed by atoms with Crippen LogP contribution < -0.4 is 5.32 Å². The van der Waals surface area contributed by atoms with Crippen LogP contribution in [0.2, 0.25) is 0 Å². The number of carbonyl (C=O) groups is 1. The molecule has 0 spiro atoms. The third kappa shape index (κ3) is 3.43. The summed E-state index contributed by atoms with van der Waals surface area (Å²) in [6, 6.07) is 9.83. The van der Waals surface area contributed by atoms with Crippen LogP contribution in [0.25, 0.3) is 10.9 Å². The lowest BCUT2D eigenvalue weighted by Crippen LogP contribution is -2.47. The number of anilines is 1. The molecule has 2 aromatic rings. The van der Waals surface area contributed by atoms with E-state index >= 15 is 0 Å². The van der Waals surface area contributed by atoms with E-state index in [2.05, 4.69) is 27.1 Å². The number of aromatic nitrogens is 1. The van der Waals surface area contributed by atoms with Crippen molar-refractivity contribution in [3.05, 3.63) is 36.0 Å². The molecule has 1 aromatic heterocycles. The predicted molar refractivity (Wildman–Crippen MR) is 89.0 cm³/mol. The molecule has 3 rings (SSSR count). The van der Waals surface area contributed by atoms with Gasteiger partial charge in [-0.25, -0.2) is 0 Å². The first kappa shape index (κ1) is 14.9. The fourth-order valence-electron chi connectivity index (χ4n) is 2.81. The molecule has 1 saturated heterocycles. The second-order valence-corrected chi connectivity index (χ2v) is 5.96. The lowest BCUT2D eigenvalue weighted by Gasteiger charge is -2.31. The van der Waals surface area contributed by atoms with Crippen LogP contribution in [-0.2, 0) is 4.79 Å². The molecular formula is C17H22N4O. The van der Waals surface area contributed by atoms with E-state index in [-0.39, 0.29) is 5.91 Å². The zero-order valence-corrected chi connectivity index (χ0v) is 13.2. The van der Waals surface area contributed by atoms with Crippen molar-refractivity contribution < 1.29 is 4.79 Å². The number of fused-ring (bicyclic) bond motifs is 1. The van der Waals surface area contributed by atoms with Gasteiger partial charge in [0, 0.05) is 37.3 Å². The van der Waals surface area contributed by atoms with Gasteiger partial charge in [0.25, 0.3) is 0 Å². The molecule has 0 atom stereocenters. The molecule has 0 unspecified atom stereocenters. The molecule has 0 saturated carbocycles. The van der Waals surface area contributed by atoms with E-state index in [0.29, 0.717) is 6.54 Å². The number of nitrogens with zero attached hydrogens (tertiary/aromatic N) is 3. The third-order valence-electron chi connectivity index (χ3n) is 4.08. The number of piperazine rings is 1. The minimum Gasteiger partial charge on any atom is -0.324 e. The average molecular weight is 298 g/mol. The largest absolute Gasteiger partial charge is 0.324 e. The van der Waals surface area contributed by atoms with Crippen molar-refractivity contribution >= 4 is 22.5 Å². The number of hydrogen-bond acceptors (Lipinski definition) is 4. The highest BCUT2D eigenvalue weighted by molar-refractivity contribution is 6.01. The molecule has 2 heterocycles. The summed E-state index contributed by atoms with van der Waals surface area (Å²) in [7, 11) is 2.11. The van der Waals surface area contributed by atoms with Crippen molar-refractivity contribution in [3.63, 3.8) is 0 Å². The van der Waals surface area contributed by atoms with E-state index < -0.39 is 0 Å². The zero-order chi connectivity index (χ0) is 15.5. The Hall–Kier alpha value is -1.98. The summed E-state index contributed by atoms with van der Waals surface area (Å²) >= 11 is 0. The Bertz CT molecular complexity index is 677. The highest BCUT2D eigenvalue weighted by Gasteiger charge is 2.17. The smallest absolute Gasteiger partial charge is 0.238 e. The van der Waals surface area contributed by atoms with E-state index in [0.717, 1.165) is 48.5 Å². The Morgan fingerprint density at radius 2 is 1.95 bits per heavy atom. The molecule has 1 amide bonds. The molecular weight excluding hydrogens is 276 g/mol. The van der Waals surface area contributed by atoms with Gasteiger partial charge in [0.05, 0.1) is 17.7 Å². The SMILES string of the molecule is Cc1cc(NC(=O)CN2CCN(C)CC2)c2ccccc2n1. The molecule has 5 heteroatoms. The van der Waals surface area contributed by atoms with Crippen molar-refractivity contribution in [2.45, 2.75) is 6.92 Å². The fraction of sp³-hybridized carbons (Fsp3) is 0.412. The molecule has 0 radical (unpaired) electrons. The summed E-state index contributed by atoms with van der Waals surface area (Å²) in [5, 5.41) is 4.04. The summed E-state index contributed by atoms with van der Waals surface area (Å²) < 4.78 is 0. The van der Waals surface area contributed by atoms with E-state index in [4.69, 9.17) is 0 Å². The molecule has 5 nitrogen and oxygen atoms in total. The van der Waals surface area contributed by atoms with Gasteiger partial charge in [-0.3, -0.25) is 14.7 Å². The second-order valence-electron chi connectivity index (χ2n) is 5.96. The summed E-state index contributed by atoms with van der Waals surface area (Å²) in [5.74, 6) is 0.0420. The monoisotopic (exact) mass is 298 g/mol. The predicted octanol–water partition coefficient (Wildman–Crippen LogP) is 1.73. The highest BCUT2D eigenvalue weighted by Crippen LogP contribution is 2.22. The molecule has 22 heavy (non-hydrogen) atoms. The van der Waals surface area contributed by atoms with E-state index in [1.807, 2.05) is 37.3 Å². The summed E-state index contributed by atoms with van der Waals surface area (Å²) in [4.78, 5) is 21.3. The molecule has 1 aliphatic rings. The van der Waals surface area contributed by atoms with Crippen LogP contribution in [0.4, 0.5) is 5.69 Å². The molecule has 0 bridgehead atoms. The maximum absolute atomic E-state index is 12.3. The summed E-state index contributed by atoms with van der Waals surface area (Å²) in [5.41, 5.74) is 2.67. The Balaban J connectivity index is 1.71. The van der Waals surface area contributed by atoms with E-state index in [9.17, 15) is 4.79 Å². The van der Waals surface area contributed by atoms with Crippen molar-refractivity contribution in [1.82, 2.24) is 14.8 Å². The van der Waals surface area contributed by atoms with Gasteiger partial charge in [-0.2, -0.15) is 0 Å². The van der Waals surface area contributed by atoms with Gasteiger partial charge in [0.1, 0.15) is 0 Å². The van der Waals surface area contributed by atoms with E-state index in [1.54, 1.807) is 0 Å². The lowest BCUT2D eigenvalue weighted by atomic mass is 10.1. The van der Waals surface area contributed by atoms with Crippen LogP contribution in [0, 0.1) is 6.92 Å². The molecule has 1 aromatic carbocycles. The maximum Gasteiger partial charge on any atom is 0.238 e. The van der Waals surface area contributed by atoms with Crippen LogP contribution >= 0.6 is 0 Å². The number of benzene rings is 1. The number of nitrogens with one attached hydrogen (secondary N) is 1. The number of likely N-dealkylation sites (N-methyl/N-ethyl adjacent to an activating group) is 1. The first-order valence-electron chi connectivity index (χ1n) is 7.69. The molecule has 1 aliphatic heterocycles. The minimum atomic E-state index is 0.0420. The standard InChI is InChI=1S/C17H22N4O/c1-13-11-16(14-5-3-4-6-15(14)18-13)19-17(22)12-21-9-7-20(2)8-10-21/h3-6,11H,7-10,12H2,1-2H3,(H,18,19,22). The Kier molecular flexibility index (Phi) is 4.36. The number of amides is 1. The lowest BCUT2D eigenvalue weighted by molar-refractivity contribution is -0.117. The maximum atomic E-state index is 12.3. The van der Waals surface area contributed by atoms with Gasteiger partial charge < -0.3 is 10.2 Å². The van der Waals surface area contributed by atoms with Crippen molar-refractivity contribution in [3.8, 4) is 0 Å². The summed E-state index contributed by atoms with van der Waals surface area (Å²) in [6.07, 6.45) is 0.